The first-order valence-electron chi connectivity index (χ1n) is 7.24. The molecule has 0 bridgehead atoms. The van der Waals surface area contributed by atoms with Gasteiger partial charge in [0, 0.05) is 6.54 Å². The third-order valence-electron chi connectivity index (χ3n) is 2.67. The lowest BCUT2D eigenvalue weighted by Gasteiger charge is -2.19. The average molecular weight is 294 g/mol. The number of hydrogen-bond acceptors (Lipinski definition) is 4. The number of rotatable bonds is 6. The summed E-state index contributed by atoms with van der Waals surface area (Å²) in [7, 11) is 0. The molecule has 0 radical (unpaired) electrons. The molecule has 118 valence electrons. The molecule has 0 heterocycles. The zero-order chi connectivity index (χ0) is 15.9. The van der Waals surface area contributed by atoms with Gasteiger partial charge in [0.1, 0.15) is 11.4 Å². The van der Waals surface area contributed by atoms with Crippen molar-refractivity contribution in [1.82, 2.24) is 5.32 Å². The van der Waals surface area contributed by atoms with Crippen molar-refractivity contribution in [2.45, 2.75) is 46.1 Å². The quantitative estimate of drug-likeness (QED) is 0.624. The van der Waals surface area contributed by atoms with Gasteiger partial charge in [0.25, 0.3) is 0 Å². The van der Waals surface area contributed by atoms with Crippen LogP contribution in [0.5, 0.6) is 5.75 Å². The molecule has 3 N–H and O–H groups in total. The minimum atomic E-state index is -0.462. The molecular weight excluding hydrogens is 268 g/mol. The van der Waals surface area contributed by atoms with Gasteiger partial charge in [-0.2, -0.15) is 0 Å². The number of amides is 1. The smallest absolute Gasteiger partial charge is 0.407 e. The minimum Gasteiger partial charge on any atom is -0.491 e. The molecule has 21 heavy (non-hydrogen) atoms. The summed E-state index contributed by atoms with van der Waals surface area (Å²) in [6, 6.07) is 5.72. The number of unbranched alkanes of at least 4 members (excludes halogenated alkanes) is 1. The molecule has 0 aliphatic heterocycles. The van der Waals surface area contributed by atoms with E-state index in [-0.39, 0.29) is 6.09 Å². The summed E-state index contributed by atoms with van der Waals surface area (Å²) in [6.07, 6.45) is 1.28. The van der Waals surface area contributed by atoms with E-state index in [9.17, 15) is 4.79 Å². The van der Waals surface area contributed by atoms with E-state index in [1.54, 1.807) is 0 Å². The van der Waals surface area contributed by atoms with E-state index in [1.807, 2.05) is 45.9 Å². The van der Waals surface area contributed by atoms with E-state index in [1.165, 1.54) is 0 Å². The molecule has 1 aromatic carbocycles. The van der Waals surface area contributed by atoms with Crippen LogP contribution >= 0.6 is 0 Å². The van der Waals surface area contributed by atoms with E-state index in [2.05, 4.69) is 5.32 Å². The molecule has 0 saturated heterocycles. The molecule has 0 fully saturated rings. The predicted molar refractivity (Wildman–Crippen MR) is 84.6 cm³/mol. The normalized spacial score (nSPS) is 11.0. The highest BCUT2D eigenvalue weighted by molar-refractivity contribution is 5.67. The maximum Gasteiger partial charge on any atom is 0.407 e. The molecule has 0 aromatic heterocycles. The van der Waals surface area contributed by atoms with Gasteiger partial charge < -0.3 is 20.5 Å². The fourth-order valence-corrected chi connectivity index (χ4v) is 1.68. The number of nitrogens with one attached hydrogen (secondary N) is 1. The van der Waals surface area contributed by atoms with Gasteiger partial charge in [-0.1, -0.05) is 6.07 Å². The van der Waals surface area contributed by atoms with Gasteiger partial charge in [-0.15, -0.1) is 0 Å². The zero-order valence-corrected chi connectivity index (χ0v) is 13.4. The molecule has 0 saturated carbocycles. The van der Waals surface area contributed by atoms with Gasteiger partial charge in [0.2, 0.25) is 0 Å². The van der Waals surface area contributed by atoms with Crippen LogP contribution in [0, 0.1) is 6.92 Å². The van der Waals surface area contributed by atoms with Crippen LogP contribution in [0.4, 0.5) is 10.5 Å². The fourth-order valence-electron chi connectivity index (χ4n) is 1.68. The Bertz CT molecular complexity index is 467. The summed E-state index contributed by atoms with van der Waals surface area (Å²) in [5.41, 5.74) is 7.13. The number of benzene rings is 1. The van der Waals surface area contributed by atoms with Crippen LogP contribution < -0.4 is 15.8 Å². The molecular formula is C16H26N2O3. The number of aryl methyl sites for hydroxylation is 1. The van der Waals surface area contributed by atoms with Crippen LogP contribution in [0.25, 0.3) is 0 Å². The van der Waals surface area contributed by atoms with Gasteiger partial charge in [0.05, 0.1) is 12.3 Å². The molecule has 1 amide bonds. The van der Waals surface area contributed by atoms with Crippen LogP contribution in [-0.2, 0) is 4.74 Å². The second-order valence-corrected chi connectivity index (χ2v) is 6.03. The third-order valence-corrected chi connectivity index (χ3v) is 2.67. The highest BCUT2D eigenvalue weighted by atomic mass is 16.6. The first kappa shape index (κ1) is 17.1. The zero-order valence-electron chi connectivity index (χ0n) is 13.4. The summed E-state index contributed by atoms with van der Waals surface area (Å²) in [5, 5.41) is 2.72. The second-order valence-electron chi connectivity index (χ2n) is 6.03. The Morgan fingerprint density at radius 3 is 2.67 bits per heavy atom. The van der Waals surface area contributed by atoms with Crippen LogP contribution in [0.2, 0.25) is 0 Å². The summed E-state index contributed by atoms with van der Waals surface area (Å²) >= 11 is 0. The number of nitrogens with two attached hydrogens (primary N) is 1. The first-order valence-corrected chi connectivity index (χ1v) is 7.24. The standard InChI is InChI=1S/C16H26N2O3/c1-12-7-8-13(17)14(11-12)20-10-6-5-9-18-15(19)21-16(2,3)4/h7-8,11H,5-6,9-10,17H2,1-4H3,(H,18,19). The Hall–Kier alpha value is -1.91. The van der Waals surface area contributed by atoms with E-state index < -0.39 is 5.60 Å². The molecule has 5 heteroatoms. The Balaban J connectivity index is 2.15. The third kappa shape index (κ3) is 7.44. The summed E-state index contributed by atoms with van der Waals surface area (Å²) in [4.78, 5) is 11.4. The Labute approximate surface area is 126 Å². The SMILES string of the molecule is Cc1ccc(N)c(OCCCCNC(=O)OC(C)(C)C)c1. The monoisotopic (exact) mass is 294 g/mol. The lowest BCUT2D eigenvalue weighted by Crippen LogP contribution is -2.33. The largest absolute Gasteiger partial charge is 0.491 e. The molecule has 0 aliphatic carbocycles. The number of carbonyl (C=O) groups excluding carboxylic acids is 1. The van der Waals surface area contributed by atoms with Crippen molar-refractivity contribution >= 4 is 11.8 Å². The number of anilines is 1. The number of carbonyl (C=O) groups is 1. The number of hydrogen-bond donors (Lipinski definition) is 2. The molecule has 0 aliphatic rings. The van der Waals surface area contributed by atoms with Gasteiger partial charge in [-0.25, -0.2) is 4.79 Å². The summed E-state index contributed by atoms with van der Waals surface area (Å²) in [6.45, 7) is 8.66. The number of alkyl carbamates (subject to hydrolysis) is 1. The van der Waals surface area contributed by atoms with Gasteiger partial charge >= 0.3 is 6.09 Å². The van der Waals surface area contributed by atoms with Crippen LogP contribution in [-0.4, -0.2) is 24.8 Å². The Morgan fingerprint density at radius 1 is 1.29 bits per heavy atom. The predicted octanol–water partition coefficient (Wildman–Crippen LogP) is 3.26. The molecule has 5 nitrogen and oxygen atoms in total. The van der Waals surface area contributed by atoms with Crippen LogP contribution in [0.15, 0.2) is 18.2 Å². The van der Waals surface area contributed by atoms with Crippen molar-refractivity contribution in [2.75, 3.05) is 18.9 Å². The first-order chi connectivity index (χ1) is 9.78. The van der Waals surface area contributed by atoms with E-state index >= 15 is 0 Å². The van der Waals surface area contributed by atoms with Gasteiger partial charge in [-0.3, -0.25) is 0 Å². The van der Waals surface area contributed by atoms with E-state index in [0.717, 1.165) is 24.2 Å². The lowest BCUT2D eigenvalue weighted by atomic mass is 10.2. The van der Waals surface area contributed by atoms with Crippen molar-refractivity contribution in [3.05, 3.63) is 23.8 Å². The molecule has 1 aromatic rings. The number of nitrogen functional groups attached to an aromatic ring is 1. The highest BCUT2D eigenvalue weighted by Gasteiger charge is 2.15. The summed E-state index contributed by atoms with van der Waals surface area (Å²) in [5.74, 6) is 0.718. The van der Waals surface area contributed by atoms with Crippen molar-refractivity contribution in [3.8, 4) is 5.75 Å². The van der Waals surface area contributed by atoms with E-state index in [0.29, 0.717) is 18.8 Å². The maximum atomic E-state index is 11.4. The van der Waals surface area contributed by atoms with Crippen molar-refractivity contribution < 1.29 is 14.3 Å². The number of ether oxygens (including phenoxy) is 2. The maximum absolute atomic E-state index is 11.4. The molecule has 0 spiro atoms. The van der Waals surface area contributed by atoms with E-state index in [4.69, 9.17) is 15.2 Å². The second kappa shape index (κ2) is 7.76. The fraction of sp³-hybridized carbons (Fsp3) is 0.562. The lowest BCUT2D eigenvalue weighted by molar-refractivity contribution is 0.0526. The molecule has 0 atom stereocenters. The van der Waals surface area contributed by atoms with Crippen molar-refractivity contribution in [1.29, 1.82) is 0 Å². The Kier molecular flexibility index (Phi) is 6.34. The molecule has 1 rings (SSSR count). The van der Waals surface area contributed by atoms with Crippen LogP contribution in [0.1, 0.15) is 39.2 Å². The highest BCUT2D eigenvalue weighted by Crippen LogP contribution is 2.22. The van der Waals surface area contributed by atoms with Gasteiger partial charge in [-0.05, 0) is 58.2 Å². The van der Waals surface area contributed by atoms with Crippen LogP contribution in [0.3, 0.4) is 0 Å². The Morgan fingerprint density at radius 2 is 2.00 bits per heavy atom. The summed E-state index contributed by atoms with van der Waals surface area (Å²) < 4.78 is 10.8. The van der Waals surface area contributed by atoms with Crippen molar-refractivity contribution in [3.63, 3.8) is 0 Å². The topological polar surface area (TPSA) is 73.6 Å². The van der Waals surface area contributed by atoms with Crippen molar-refractivity contribution in [2.24, 2.45) is 0 Å². The molecule has 0 unspecified atom stereocenters. The minimum absolute atomic E-state index is 0.383. The van der Waals surface area contributed by atoms with Gasteiger partial charge in [0.15, 0.2) is 0 Å². The average Bonchev–Trinajstić information content (AvgIpc) is 2.35.